The van der Waals surface area contributed by atoms with E-state index in [2.05, 4.69) is 18.4 Å². The molecule has 0 fully saturated rings. The van der Waals surface area contributed by atoms with Crippen molar-refractivity contribution in [2.24, 2.45) is 0 Å². The van der Waals surface area contributed by atoms with Crippen LogP contribution in [0.5, 0.6) is 0 Å². The molecule has 2 heteroatoms. The van der Waals surface area contributed by atoms with Crippen LogP contribution in [0.2, 0.25) is 0 Å². The molecule has 1 rings (SSSR count). The Morgan fingerprint density at radius 3 is 2.00 bits per heavy atom. The first kappa shape index (κ1) is 8.92. The number of benzene rings is 1. The first-order valence-electron chi connectivity index (χ1n) is 2.52. The second kappa shape index (κ2) is 4.77. The first-order valence-corrected chi connectivity index (χ1v) is 3.75. The monoisotopic (exact) mass is 156 g/mol. The molecule has 0 unspecified atom stereocenters. The van der Waals surface area contributed by atoms with Gasteiger partial charge in [-0.25, -0.2) is 0 Å². The highest BCUT2D eigenvalue weighted by Gasteiger charge is 1.80. The van der Waals surface area contributed by atoms with Crippen LogP contribution in [0, 0.1) is 0 Å². The molecule has 1 aromatic rings. The molecule has 0 aliphatic rings. The quantitative estimate of drug-likeness (QED) is 0.563. The van der Waals surface area contributed by atoms with Crippen LogP contribution >= 0.6 is 25.3 Å². The van der Waals surface area contributed by atoms with Gasteiger partial charge in [-0.15, -0.1) is 11.8 Å². The van der Waals surface area contributed by atoms with Crippen LogP contribution in [0.3, 0.4) is 0 Å². The molecule has 0 aromatic heterocycles. The Labute approximate surface area is 67.1 Å². The van der Waals surface area contributed by atoms with Crippen LogP contribution in [0.1, 0.15) is 0 Å². The number of hydrogen-bond donors (Lipinski definition) is 0. The topological polar surface area (TPSA) is 0 Å². The Morgan fingerprint density at radius 1 is 1.11 bits per heavy atom. The zero-order valence-corrected chi connectivity index (χ0v) is 6.84. The van der Waals surface area contributed by atoms with Crippen LogP contribution in [-0.2, 0) is 0 Å². The van der Waals surface area contributed by atoms with E-state index in [1.165, 1.54) is 4.90 Å². The van der Waals surface area contributed by atoms with Gasteiger partial charge in [0.2, 0.25) is 0 Å². The molecular weight excluding hydrogens is 148 g/mol. The van der Waals surface area contributed by atoms with E-state index in [-0.39, 0.29) is 13.5 Å². The minimum Gasteiger partial charge on any atom is -0.130 e. The van der Waals surface area contributed by atoms with Crippen molar-refractivity contribution in [2.45, 2.75) is 4.90 Å². The highest BCUT2D eigenvalue weighted by atomic mass is 32.2. The molecule has 0 heterocycles. The lowest BCUT2D eigenvalue weighted by atomic mass is 10.4. The third-order valence-electron chi connectivity index (χ3n) is 0.979. The summed E-state index contributed by atoms with van der Waals surface area (Å²) in [5.41, 5.74) is 0. The zero-order chi connectivity index (χ0) is 5.82. The van der Waals surface area contributed by atoms with Crippen molar-refractivity contribution in [1.82, 2.24) is 0 Å². The Kier molecular flexibility index (Phi) is 4.72. The van der Waals surface area contributed by atoms with Crippen molar-refractivity contribution >= 4 is 25.3 Å². The molecule has 1 aromatic carbocycles. The second-order valence-electron chi connectivity index (χ2n) is 1.52. The van der Waals surface area contributed by atoms with E-state index in [9.17, 15) is 0 Å². The highest BCUT2D eigenvalue weighted by Crippen LogP contribution is 2.11. The van der Waals surface area contributed by atoms with Crippen LogP contribution in [0.25, 0.3) is 0 Å². The molecule has 0 atom stereocenters. The molecule has 48 valence electrons. The van der Waals surface area contributed by atoms with Gasteiger partial charge in [0, 0.05) is 18.4 Å². The van der Waals surface area contributed by atoms with Crippen molar-refractivity contribution in [2.75, 3.05) is 6.26 Å². The SMILES string of the molecule is CSc1ccccc1.[S]. The van der Waals surface area contributed by atoms with Gasteiger partial charge in [-0.2, -0.15) is 0 Å². The van der Waals surface area contributed by atoms with Gasteiger partial charge in [-0.05, 0) is 18.4 Å². The third kappa shape index (κ3) is 2.82. The molecule has 0 spiro atoms. The Hall–Kier alpha value is -0.0800. The molecule has 9 heavy (non-hydrogen) atoms. The van der Waals surface area contributed by atoms with Crippen molar-refractivity contribution in [3.63, 3.8) is 0 Å². The molecule has 0 N–H and O–H groups in total. The van der Waals surface area contributed by atoms with Gasteiger partial charge in [0.05, 0.1) is 0 Å². The molecule has 0 bridgehead atoms. The van der Waals surface area contributed by atoms with Gasteiger partial charge in [0.1, 0.15) is 0 Å². The number of hydrogen-bond acceptors (Lipinski definition) is 1. The predicted molar refractivity (Wildman–Crippen MR) is 45.8 cm³/mol. The van der Waals surface area contributed by atoms with E-state index in [4.69, 9.17) is 0 Å². The molecule has 0 aliphatic heterocycles. The van der Waals surface area contributed by atoms with Gasteiger partial charge < -0.3 is 0 Å². The summed E-state index contributed by atoms with van der Waals surface area (Å²) in [6.07, 6.45) is 2.08. The fourth-order valence-electron chi connectivity index (χ4n) is 0.557. The average molecular weight is 156 g/mol. The largest absolute Gasteiger partial charge is 0.130 e. The lowest BCUT2D eigenvalue weighted by molar-refractivity contribution is 1.47. The molecule has 0 nitrogen and oxygen atoms in total. The molecule has 0 saturated heterocycles. The van der Waals surface area contributed by atoms with Crippen molar-refractivity contribution < 1.29 is 0 Å². The van der Waals surface area contributed by atoms with E-state index in [0.29, 0.717) is 0 Å². The maximum atomic E-state index is 2.10. The third-order valence-corrected chi connectivity index (χ3v) is 1.72. The molecule has 0 aliphatic carbocycles. The Bertz CT molecular complexity index is 148. The summed E-state index contributed by atoms with van der Waals surface area (Å²) in [5, 5.41) is 0. The summed E-state index contributed by atoms with van der Waals surface area (Å²) in [4.78, 5) is 1.33. The van der Waals surface area contributed by atoms with E-state index >= 15 is 0 Å². The zero-order valence-electron chi connectivity index (χ0n) is 5.20. The van der Waals surface area contributed by atoms with Crippen LogP contribution < -0.4 is 0 Å². The minimum atomic E-state index is 0. The highest BCUT2D eigenvalue weighted by molar-refractivity contribution is 7.98. The van der Waals surface area contributed by atoms with Crippen LogP contribution in [0.15, 0.2) is 35.2 Å². The molecule has 0 saturated carbocycles. The summed E-state index contributed by atoms with van der Waals surface area (Å²) in [6.45, 7) is 0. The van der Waals surface area contributed by atoms with E-state index in [0.717, 1.165) is 0 Å². The Balaban J connectivity index is 0.000000640. The predicted octanol–water partition coefficient (Wildman–Crippen LogP) is 3.06. The van der Waals surface area contributed by atoms with E-state index in [1.807, 2.05) is 18.2 Å². The van der Waals surface area contributed by atoms with Gasteiger partial charge in [0.15, 0.2) is 0 Å². The van der Waals surface area contributed by atoms with Gasteiger partial charge in [0.25, 0.3) is 0 Å². The molecular formula is C7H8S2. The lowest BCUT2D eigenvalue weighted by Gasteiger charge is -1.89. The normalized spacial score (nSPS) is 8.11. The van der Waals surface area contributed by atoms with Crippen molar-refractivity contribution in [1.29, 1.82) is 0 Å². The van der Waals surface area contributed by atoms with Gasteiger partial charge in [-0.1, -0.05) is 18.2 Å². The van der Waals surface area contributed by atoms with Gasteiger partial charge >= 0.3 is 0 Å². The second-order valence-corrected chi connectivity index (χ2v) is 2.40. The van der Waals surface area contributed by atoms with Crippen LogP contribution in [-0.4, -0.2) is 6.26 Å². The Morgan fingerprint density at radius 2 is 1.67 bits per heavy atom. The fraction of sp³-hybridized carbons (Fsp3) is 0.143. The molecule has 0 amide bonds. The standard InChI is InChI=1S/C7H8S.S/c1-8-7-5-3-2-4-6-7;/h2-6H,1H3;. The lowest BCUT2D eigenvalue weighted by Crippen LogP contribution is -1.62. The first-order chi connectivity index (χ1) is 3.93. The smallest absolute Gasteiger partial charge is 0.00691 e. The fourth-order valence-corrected chi connectivity index (χ4v) is 0.986. The summed E-state index contributed by atoms with van der Waals surface area (Å²) in [7, 11) is 0. The number of rotatable bonds is 1. The van der Waals surface area contributed by atoms with Crippen LogP contribution in [0.4, 0.5) is 0 Å². The average Bonchev–Trinajstić information content (AvgIpc) is 1.90. The minimum absolute atomic E-state index is 0. The van der Waals surface area contributed by atoms with E-state index in [1.54, 1.807) is 11.8 Å². The van der Waals surface area contributed by atoms with Crippen molar-refractivity contribution in [3.05, 3.63) is 30.3 Å². The molecule has 2 radical (unpaired) electrons. The maximum absolute atomic E-state index is 2.10. The summed E-state index contributed by atoms with van der Waals surface area (Å²) in [6, 6.07) is 10.3. The van der Waals surface area contributed by atoms with Gasteiger partial charge in [-0.3, -0.25) is 0 Å². The summed E-state index contributed by atoms with van der Waals surface area (Å²) >= 11 is 1.77. The number of thioether (sulfide) groups is 1. The summed E-state index contributed by atoms with van der Waals surface area (Å²) in [5.74, 6) is 0. The van der Waals surface area contributed by atoms with E-state index < -0.39 is 0 Å². The summed E-state index contributed by atoms with van der Waals surface area (Å²) < 4.78 is 0. The van der Waals surface area contributed by atoms with Crippen molar-refractivity contribution in [3.8, 4) is 0 Å². The maximum Gasteiger partial charge on any atom is 0.00691 e.